The molecule has 3 aromatic rings. The van der Waals surface area contributed by atoms with E-state index in [0.717, 1.165) is 16.3 Å². The normalized spacial score (nSPS) is 19.4. The first-order valence-electron chi connectivity index (χ1n) is 10.7. The van der Waals surface area contributed by atoms with Crippen molar-refractivity contribution in [2.45, 2.75) is 32.3 Å². The second-order valence-corrected chi connectivity index (χ2v) is 8.57. The van der Waals surface area contributed by atoms with Crippen molar-refractivity contribution in [1.29, 1.82) is 0 Å². The lowest BCUT2D eigenvalue weighted by atomic mass is 9.92. The van der Waals surface area contributed by atoms with Crippen LogP contribution >= 0.6 is 0 Å². The molecule has 2 N–H and O–H groups in total. The minimum atomic E-state index is -0.673. The van der Waals surface area contributed by atoms with Crippen LogP contribution in [0.15, 0.2) is 60.7 Å². The fourth-order valence-electron chi connectivity index (χ4n) is 4.29. The molecular formula is C26H29NO3. The summed E-state index contributed by atoms with van der Waals surface area (Å²) in [4.78, 5) is 14.7. The van der Waals surface area contributed by atoms with Gasteiger partial charge in [0.05, 0.1) is 6.10 Å². The Balaban J connectivity index is 1.65. The number of carbonyl (C=O) groups is 1. The molecule has 0 unspecified atom stereocenters. The summed E-state index contributed by atoms with van der Waals surface area (Å²) in [6, 6.07) is 20.7. The highest BCUT2D eigenvalue weighted by Crippen LogP contribution is 2.31. The molecule has 156 valence electrons. The van der Waals surface area contributed by atoms with E-state index < -0.39 is 6.10 Å². The molecule has 1 aliphatic rings. The summed E-state index contributed by atoms with van der Waals surface area (Å²) in [6.45, 7) is 5.17. The van der Waals surface area contributed by atoms with Crippen molar-refractivity contribution in [1.82, 2.24) is 4.90 Å². The van der Waals surface area contributed by atoms with Gasteiger partial charge < -0.3 is 15.1 Å². The Morgan fingerprint density at radius 2 is 1.90 bits per heavy atom. The summed E-state index contributed by atoms with van der Waals surface area (Å²) in [5.74, 6) is 0.254. The topological polar surface area (TPSA) is 60.8 Å². The van der Waals surface area contributed by atoms with Crippen LogP contribution in [0.1, 0.15) is 42.1 Å². The fourth-order valence-corrected chi connectivity index (χ4v) is 4.29. The number of carbonyl (C=O) groups excluding carboxylic acids is 1. The van der Waals surface area contributed by atoms with Gasteiger partial charge in [-0.25, -0.2) is 0 Å². The number of amides is 1. The molecule has 0 spiro atoms. The van der Waals surface area contributed by atoms with E-state index >= 15 is 0 Å². The highest BCUT2D eigenvalue weighted by Gasteiger charge is 2.30. The molecule has 0 aliphatic carbocycles. The third-order valence-electron chi connectivity index (χ3n) is 6.23. The lowest BCUT2D eigenvalue weighted by Gasteiger charge is -2.35. The van der Waals surface area contributed by atoms with E-state index in [9.17, 15) is 15.0 Å². The van der Waals surface area contributed by atoms with Crippen molar-refractivity contribution in [3.05, 3.63) is 71.8 Å². The van der Waals surface area contributed by atoms with Crippen LogP contribution in [0.4, 0.5) is 0 Å². The van der Waals surface area contributed by atoms with E-state index in [-0.39, 0.29) is 25.0 Å². The molecule has 1 fully saturated rings. The standard InChI is InChI=1S/C26H29NO3/c1-17(2)18-5-3-6-19(13-18)23-8-4-7-20-14-21(9-10-24(20)23)26(30)27-12-11-22(16-28)25(29)15-27/h3-10,13-14,17,22,25,28-29H,11-12,15-16H2,1-2H3/t22-,25-/m1/s1. The Morgan fingerprint density at radius 3 is 2.63 bits per heavy atom. The molecule has 0 radical (unpaired) electrons. The first-order chi connectivity index (χ1) is 14.5. The molecule has 0 aromatic heterocycles. The van der Waals surface area contributed by atoms with E-state index in [0.29, 0.717) is 24.4 Å². The zero-order valence-electron chi connectivity index (χ0n) is 17.6. The van der Waals surface area contributed by atoms with Gasteiger partial charge in [0.25, 0.3) is 5.91 Å². The Labute approximate surface area is 177 Å². The van der Waals surface area contributed by atoms with Crippen molar-refractivity contribution < 1.29 is 15.0 Å². The minimum absolute atomic E-state index is 0.0417. The molecule has 30 heavy (non-hydrogen) atoms. The summed E-state index contributed by atoms with van der Waals surface area (Å²) in [5, 5.41) is 21.6. The lowest BCUT2D eigenvalue weighted by Crippen LogP contribution is -2.47. The smallest absolute Gasteiger partial charge is 0.253 e. The van der Waals surface area contributed by atoms with Gasteiger partial charge in [-0.05, 0) is 51.9 Å². The van der Waals surface area contributed by atoms with Crippen LogP contribution in [-0.4, -0.2) is 46.8 Å². The largest absolute Gasteiger partial charge is 0.396 e. The van der Waals surface area contributed by atoms with Crippen LogP contribution in [0.5, 0.6) is 0 Å². The molecule has 4 nitrogen and oxygen atoms in total. The first-order valence-corrected chi connectivity index (χ1v) is 10.7. The number of nitrogens with zero attached hydrogens (tertiary/aromatic N) is 1. The molecule has 2 atom stereocenters. The van der Waals surface area contributed by atoms with Gasteiger partial charge in [-0.3, -0.25) is 4.79 Å². The van der Waals surface area contributed by atoms with Crippen LogP contribution in [0.2, 0.25) is 0 Å². The summed E-state index contributed by atoms with van der Waals surface area (Å²) >= 11 is 0. The van der Waals surface area contributed by atoms with Crippen molar-refractivity contribution >= 4 is 16.7 Å². The van der Waals surface area contributed by atoms with Crippen molar-refractivity contribution in [3.63, 3.8) is 0 Å². The van der Waals surface area contributed by atoms with E-state index in [1.807, 2.05) is 30.3 Å². The third-order valence-corrected chi connectivity index (χ3v) is 6.23. The number of β-amino-alcohol motifs (C(OH)–C–C–N with tert-alkyl or cyclic N) is 1. The maximum Gasteiger partial charge on any atom is 0.253 e. The molecule has 4 rings (SSSR count). The SMILES string of the molecule is CC(C)c1cccc(-c2cccc3cc(C(=O)N4CC[C@H](CO)[C@H](O)C4)ccc23)c1. The number of piperidine rings is 1. The van der Waals surface area contributed by atoms with E-state index in [1.54, 1.807) is 4.90 Å². The van der Waals surface area contributed by atoms with Crippen molar-refractivity contribution in [2.24, 2.45) is 5.92 Å². The Hall–Kier alpha value is -2.69. The molecule has 1 aliphatic heterocycles. The van der Waals surface area contributed by atoms with E-state index in [2.05, 4.69) is 44.2 Å². The number of hydrogen-bond donors (Lipinski definition) is 2. The fraction of sp³-hybridized carbons (Fsp3) is 0.346. The molecule has 1 amide bonds. The Morgan fingerprint density at radius 1 is 1.10 bits per heavy atom. The maximum atomic E-state index is 13.0. The number of rotatable bonds is 4. The molecule has 1 saturated heterocycles. The van der Waals surface area contributed by atoms with E-state index in [4.69, 9.17) is 0 Å². The van der Waals surface area contributed by atoms with Crippen LogP contribution in [0.3, 0.4) is 0 Å². The number of likely N-dealkylation sites (tertiary alicyclic amines) is 1. The van der Waals surface area contributed by atoms with Crippen LogP contribution in [-0.2, 0) is 0 Å². The van der Waals surface area contributed by atoms with Gasteiger partial charge in [-0.2, -0.15) is 0 Å². The summed E-state index contributed by atoms with van der Waals surface area (Å²) in [5.41, 5.74) is 4.28. The van der Waals surface area contributed by atoms with Crippen molar-refractivity contribution in [3.8, 4) is 11.1 Å². The third kappa shape index (κ3) is 3.98. The molecule has 0 saturated carbocycles. The summed E-state index contributed by atoms with van der Waals surface area (Å²) < 4.78 is 0. The highest BCUT2D eigenvalue weighted by atomic mass is 16.3. The van der Waals surface area contributed by atoms with Gasteiger partial charge >= 0.3 is 0 Å². The molecule has 4 heteroatoms. The quantitative estimate of drug-likeness (QED) is 0.677. The van der Waals surface area contributed by atoms with E-state index in [1.165, 1.54) is 11.1 Å². The molecule has 1 heterocycles. The average Bonchev–Trinajstić information content (AvgIpc) is 2.77. The monoisotopic (exact) mass is 403 g/mol. The summed E-state index contributed by atoms with van der Waals surface area (Å²) in [6.07, 6.45) is -0.0548. The van der Waals surface area contributed by atoms with Gasteiger partial charge in [0, 0.05) is 31.2 Å². The number of benzene rings is 3. The van der Waals surface area contributed by atoms with Gasteiger partial charge in [0.2, 0.25) is 0 Å². The predicted molar refractivity (Wildman–Crippen MR) is 121 cm³/mol. The zero-order valence-corrected chi connectivity index (χ0v) is 17.6. The van der Waals surface area contributed by atoms with Gasteiger partial charge in [-0.15, -0.1) is 0 Å². The first kappa shape index (κ1) is 20.6. The zero-order chi connectivity index (χ0) is 21.3. The number of aliphatic hydroxyl groups excluding tert-OH is 2. The van der Waals surface area contributed by atoms with Gasteiger partial charge in [0.15, 0.2) is 0 Å². The average molecular weight is 404 g/mol. The number of aliphatic hydroxyl groups is 2. The van der Waals surface area contributed by atoms with Gasteiger partial charge in [0.1, 0.15) is 0 Å². The van der Waals surface area contributed by atoms with Crippen LogP contribution in [0.25, 0.3) is 21.9 Å². The Bertz CT molecular complexity index is 1060. The predicted octanol–water partition coefficient (Wildman–Crippen LogP) is 4.45. The Kier molecular flexibility index (Phi) is 5.89. The highest BCUT2D eigenvalue weighted by molar-refractivity contribution is 6.02. The molecule has 0 bridgehead atoms. The van der Waals surface area contributed by atoms with Crippen LogP contribution in [0, 0.1) is 5.92 Å². The maximum absolute atomic E-state index is 13.0. The second kappa shape index (κ2) is 8.58. The summed E-state index contributed by atoms with van der Waals surface area (Å²) in [7, 11) is 0. The van der Waals surface area contributed by atoms with Crippen LogP contribution < -0.4 is 0 Å². The van der Waals surface area contributed by atoms with Gasteiger partial charge in [-0.1, -0.05) is 62.4 Å². The minimum Gasteiger partial charge on any atom is -0.396 e. The lowest BCUT2D eigenvalue weighted by molar-refractivity contribution is 0.000884. The number of fused-ring (bicyclic) bond motifs is 1. The second-order valence-electron chi connectivity index (χ2n) is 8.57. The number of hydrogen-bond acceptors (Lipinski definition) is 3. The van der Waals surface area contributed by atoms with Crippen molar-refractivity contribution in [2.75, 3.05) is 19.7 Å². The molecule has 3 aromatic carbocycles. The molecular weight excluding hydrogens is 374 g/mol.